The van der Waals surface area contributed by atoms with Gasteiger partial charge in [-0.05, 0) is 38.1 Å². The summed E-state index contributed by atoms with van der Waals surface area (Å²) in [5, 5.41) is 2.58. The Morgan fingerprint density at radius 1 is 1.12 bits per heavy atom. The molecule has 2 rings (SSSR count). The highest BCUT2D eigenvalue weighted by Crippen LogP contribution is 2.12. The number of esters is 1. The molecule has 0 saturated heterocycles. The summed E-state index contributed by atoms with van der Waals surface area (Å²) >= 11 is 0. The van der Waals surface area contributed by atoms with Gasteiger partial charge >= 0.3 is 5.97 Å². The van der Waals surface area contributed by atoms with Crippen molar-refractivity contribution in [3.05, 3.63) is 47.9 Å². The summed E-state index contributed by atoms with van der Waals surface area (Å²) < 4.78 is 5.03. The summed E-state index contributed by atoms with van der Waals surface area (Å²) in [6.07, 6.45) is 1.58. The minimum Gasteiger partial charge on any atom is -0.448 e. The molecule has 1 heterocycles. The van der Waals surface area contributed by atoms with Gasteiger partial charge in [-0.3, -0.25) is 9.59 Å². The van der Waals surface area contributed by atoms with Gasteiger partial charge in [0, 0.05) is 23.6 Å². The van der Waals surface area contributed by atoms with Gasteiger partial charge in [-0.2, -0.15) is 0 Å². The number of benzene rings is 1. The van der Waals surface area contributed by atoms with Crippen LogP contribution in [0.5, 0.6) is 0 Å². The highest BCUT2D eigenvalue weighted by molar-refractivity contribution is 5.99. The van der Waals surface area contributed by atoms with Crippen molar-refractivity contribution in [1.29, 1.82) is 0 Å². The van der Waals surface area contributed by atoms with Crippen molar-refractivity contribution >= 4 is 29.2 Å². The van der Waals surface area contributed by atoms with Crippen LogP contribution in [-0.4, -0.2) is 33.7 Å². The molecule has 8 nitrogen and oxygen atoms in total. The lowest BCUT2D eigenvalue weighted by Crippen LogP contribution is -2.30. The normalized spacial score (nSPS) is 11.4. The maximum absolute atomic E-state index is 12.1. The van der Waals surface area contributed by atoms with Crippen LogP contribution in [0.4, 0.5) is 11.5 Å². The summed E-state index contributed by atoms with van der Waals surface area (Å²) in [6.45, 7) is 2.87. The first kappa shape index (κ1) is 17.1. The van der Waals surface area contributed by atoms with E-state index in [9.17, 15) is 14.4 Å². The first-order chi connectivity index (χ1) is 11.4. The third-order valence-corrected chi connectivity index (χ3v) is 3.13. The van der Waals surface area contributed by atoms with Crippen LogP contribution in [0.2, 0.25) is 0 Å². The number of ether oxygens (including phenoxy) is 1. The number of nitrogens with zero attached hydrogens (tertiary/aromatic N) is 2. The number of amides is 1. The summed E-state index contributed by atoms with van der Waals surface area (Å²) in [4.78, 5) is 42.7. The predicted octanol–water partition coefficient (Wildman–Crippen LogP) is 1.45. The Bertz CT molecular complexity index is 774. The maximum Gasteiger partial charge on any atom is 0.361 e. The van der Waals surface area contributed by atoms with E-state index in [1.54, 1.807) is 24.3 Å². The van der Waals surface area contributed by atoms with Crippen molar-refractivity contribution in [1.82, 2.24) is 9.97 Å². The molecule has 3 N–H and O–H groups in total. The van der Waals surface area contributed by atoms with Crippen molar-refractivity contribution in [3.63, 3.8) is 0 Å². The van der Waals surface area contributed by atoms with E-state index in [-0.39, 0.29) is 17.3 Å². The number of nitrogens with one attached hydrogen (secondary N) is 1. The minimum atomic E-state index is -1.06. The Balaban J connectivity index is 1.98. The molecule has 0 bridgehead atoms. The molecule has 1 atom stereocenters. The zero-order valence-electron chi connectivity index (χ0n) is 13.1. The smallest absolute Gasteiger partial charge is 0.361 e. The molecule has 2 aromatic rings. The Morgan fingerprint density at radius 2 is 1.75 bits per heavy atom. The number of anilines is 2. The fourth-order valence-corrected chi connectivity index (χ4v) is 1.81. The fraction of sp³-hybridized carbons (Fsp3) is 0.188. The summed E-state index contributed by atoms with van der Waals surface area (Å²) in [5.74, 6) is -1.51. The Kier molecular flexibility index (Phi) is 5.20. The van der Waals surface area contributed by atoms with Crippen LogP contribution in [0.25, 0.3) is 0 Å². The van der Waals surface area contributed by atoms with Gasteiger partial charge in [0.2, 0.25) is 0 Å². The van der Waals surface area contributed by atoms with Gasteiger partial charge in [0.05, 0.1) is 0 Å². The molecule has 0 aliphatic heterocycles. The van der Waals surface area contributed by atoms with Crippen molar-refractivity contribution in [2.75, 3.05) is 11.1 Å². The van der Waals surface area contributed by atoms with E-state index in [0.717, 1.165) is 0 Å². The molecule has 0 radical (unpaired) electrons. The van der Waals surface area contributed by atoms with Crippen LogP contribution in [-0.2, 0) is 9.53 Å². The quantitative estimate of drug-likeness (QED) is 0.628. The zero-order valence-corrected chi connectivity index (χ0v) is 13.1. The highest BCUT2D eigenvalue weighted by Gasteiger charge is 2.21. The first-order valence-electron chi connectivity index (χ1n) is 7.08. The van der Waals surface area contributed by atoms with E-state index in [0.29, 0.717) is 11.3 Å². The number of aromatic nitrogens is 2. The molecular formula is C16H16N4O4. The van der Waals surface area contributed by atoms with E-state index in [1.807, 2.05) is 0 Å². The lowest BCUT2D eigenvalue weighted by Gasteiger charge is -2.13. The number of hydrogen-bond donors (Lipinski definition) is 2. The SMILES string of the molecule is CC(=O)c1ccc(NC(=O)[C@@H](C)OC(=O)c2nccnc2N)cc1. The van der Waals surface area contributed by atoms with Crippen molar-refractivity contribution in [2.24, 2.45) is 0 Å². The molecular weight excluding hydrogens is 312 g/mol. The van der Waals surface area contributed by atoms with Gasteiger partial charge in [-0.15, -0.1) is 0 Å². The largest absolute Gasteiger partial charge is 0.448 e. The Labute approximate surface area is 138 Å². The van der Waals surface area contributed by atoms with Crippen molar-refractivity contribution < 1.29 is 19.1 Å². The molecule has 124 valence electrons. The number of ketones is 1. The van der Waals surface area contributed by atoms with Gasteiger partial charge in [0.25, 0.3) is 5.91 Å². The number of hydrogen-bond acceptors (Lipinski definition) is 7. The van der Waals surface area contributed by atoms with Crippen molar-refractivity contribution in [3.8, 4) is 0 Å². The molecule has 0 saturated carbocycles. The second-order valence-corrected chi connectivity index (χ2v) is 4.96. The number of carbonyl (C=O) groups is 3. The first-order valence-corrected chi connectivity index (χ1v) is 7.08. The van der Waals surface area contributed by atoms with Gasteiger partial charge in [-0.1, -0.05) is 0 Å². The van der Waals surface area contributed by atoms with Crippen LogP contribution >= 0.6 is 0 Å². The highest BCUT2D eigenvalue weighted by atomic mass is 16.5. The minimum absolute atomic E-state index is 0.0725. The standard InChI is InChI=1S/C16H16N4O4/c1-9(21)11-3-5-12(6-4-11)20-15(22)10(2)24-16(23)13-14(17)19-8-7-18-13/h3-8,10H,1-2H3,(H2,17,19)(H,20,22)/t10-/m1/s1. The predicted molar refractivity (Wildman–Crippen MR) is 86.4 cm³/mol. The van der Waals surface area contributed by atoms with E-state index >= 15 is 0 Å². The van der Waals surface area contributed by atoms with Crippen LogP contribution in [0.15, 0.2) is 36.7 Å². The third-order valence-electron chi connectivity index (χ3n) is 3.13. The third kappa shape index (κ3) is 4.13. The van der Waals surface area contributed by atoms with Gasteiger partial charge in [0.15, 0.2) is 23.4 Å². The molecule has 24 heavy (non-hydrogen) atoms. The van der Waals surface area contributed by atoms with Gasteiger partial charge in [0.1, 0.15) is 0 Å². The monoisotopic (exact) mass is 328 g/mol. The number of Topliss-reactive ketones (excluding diaryl/α,β-unsaturated/α-hetero) is 1. The number of carbonyl (C=O) groups excluding carboxylic acids is 3. The molecule has 0 fully saturated rings. The number of nitrogen functional groups attached to an aromatic ring is 1. The van der Waals surface area contributed by atoms with Crippen molar-refractivity contribution in [2.45, 2.75) is 20.0 Å². The van der Waals surface area contributed by atoms with E-state index in [1.165, 1.54) is 26.2 Å². The van der Waals surface area contributed by atoms with Crippen LogP contribution < -0.4 is 11.1 Å². The van der Waals surface area contributed by atoms with E-state index < -0.39 is 18.0 Å². The van der Waals surface area contributed by atoms with E-state index in [4.69, 9.17) is 10.5 Å². The second-order valence-electron chi connectivity index (χ2n) is 4.96. The Morgan fingerprint density at radius 3 is 2.33 bits per heavy atom. The van der Waals surface area contributed by atoms with Gasteiger partial charge < -0.3 is 15.8 Å². The molecule has 0 unspecified atom stereocenters. The summed E-state index contributed by atoms with van der Waals surface area (Å²) in [6, 6.07) is 6.36. The topological polar surface area (TPSA) is 124 Å². The zero-order chi connectivity index (χ0) is 17.7. The average Bonchev–Trinajstić information content (AvgIpc) is 2.55. The second kappa shape index (κ2) is 7.32. The van der Waals surface area contributed by atoms with Gasteiger partial charge in [-0.25, -0.2) is 14.8 Å². The molecule has 0 spiro atoms. The number of rotatable bonds is 5. The molecule has 1 aromatic heterocycles. The molecule has 0 aliphatic rings. The fourth-order valence-electron chi connectivity index (χ4n) is 1.81. The molecule has 1 amide bonds. The van der Waals surface area contributed by atoms with Crippen LogP contribution in [0.3, 0.4) is 0 Å². The summed E-state index contributed by atoms with van der Waals surface area (Å²) in [5.41, 5.74) is 6.39. The lowest BCUT2D eigenvalue weighted by molar-refractivity contribution is -0.123. The van der Waals surface area contributed by atoms with Crippen LogP contribution in [0.1, 0.15) is 34.7 Å². The Hall–Kier alpha value is -3.29. The molecule has 1 aromatic carbocycles. The summed E-state index contributed by atoms with van der Waals surface area (Å²) in [7, 11) is 0. The number of nitrogens with two attached hydrogens (primary N) is 1. The lowest BCUT2D eigenvalue weighted by atomic mass is 10.1. The molecule has 8 heteroatoms. The average molecular weight is 328 g/mol. The maximum atomic E-state index is 12.1. The van der Waals surface area contributed by atoms with E-state index in [2.05, 4.69) is 15.3 Å². The molecule has 0 aliphatic carbocycles. The van der Waals surface area contributed by atoms with Crippen LogP contribution in [0, 0.1) is 0 Å².